The van der Waals surface area contributed by atoms with Crippen LogP contribution in [-0.4, -0.2) is 11.1 Å². The number of aromatic hydroxyl groups is 1. The number of para-hydroxylation sites is 1. The molecule has 2 aromatic rings. The molecule has 144 valence electrons. The summed E-state index contributed by atoms with van der Waals surface area (Å²) in [7, 11) is 0. The van der Waals surface area contributed by atoms with Crippen LogP contribution in [0.2, 0.25) is 0 Å². The number of rotatable bonds is 4. The topological polar surface area (TPSA) is 46.5 Å². The SMILES string of the molecule is C=Cc1ccc(C(=O)OC2(c3ccccc3O)C3CC4CC(C3)CC2C4)cc1. The fraction of sp³-hybridized carbons (Fsp3) is 0.400. The first-order valence-corrected chi connectivity index (χ1v) is 10.3. The second-order valence-electron chi connectivity index (χ2n) is 8.83. The van der Waals surface area contributed by atoms with E-state index >= 15 is 0 Å². The third-order valence-corrected chi connectivity index (χ3v) is 7.32. The van der Waals surface area contributed by atoms with E-state index in [0.29, 0.717) is 5.56 Å². The Labute approximate surface area is 166 Å². The van der Waals surface area contributed by atoms with E-state index in [1.54, 1.807) is 24.3 Å². The Morgan fingerprint density at radius 1 is 0.964 bits per heavy atom. The smallest absolute Gasteiger partial charge is 0.339 e. The molecular weight excluding hydrogens is 348 g/mol. The molecule has 0 saturated heterocycles. The fourth-order valence-electron chi connectivity index (χ4n) is 6.32. The molecule has 4 aliphatic rings. The third kappa shape index (κ3) is 2.60. The van der Waals surface area contributed by atoms with Gasteiger partial charge in [0.25, 0.3) is 0 Å². The second-order valence-corrected chi connectivity index (χ2v) is 8.83. The van der Waals surface area contributed by atoms with Crippen LogP contribution in [0.4, 0.5) is 0 Å². The van der Waals surface area contributed by atoms with Crippen LogP contribution < -0.4 is 0 Å². The van der Waals surface area contributed by atoms with Crippen molar-refractivity contribution in [2.24, 2.45) is 23.7 Å². The lowest BCUT2D eigenvalue weighted by Gasteiger charge is -2.60. The molecule has 4 aliphatic carbocycles. The van der Waals surface area contributed by atoms with Crippen LogP contribution in [0.25, 0.3) is 6.08 Å². The van der Waals surface area contributed by atoms with Crippen LogP contribution >= 0.6 is 0 Å². The van der Waals surface area contributed by atoms with Crippen LogP contribution in [0.5, 0.6) is 5.75 Å². The number of phenols is 1. The van der Waals surface area contributed by atoms with Gasteiger partial charge in [-0.05, 0) is 67.7 Å². The number of ether oxygens (including phenoxy) is 1. The van der Waals surface area contributed by atoms with Gasteiger partial charge < -0.3 is 9.84 Å². The van der Waals surface area contributed by atoms with Crippen molar-refractivity contribution in [3.63, 3.8) is 0 Å². The Kier molecular flexibility index (Phi) is 4.08. The summed E-state index contributed by atoms with van der Waals surface area (Å²) in [6, 6.07) is 14.8. The number of hydrogen-bond acceptors (Lipinski definition) is 3. The molecule has 0 radical (unpaired) electrons. The summed E-state index contributed by atoms with van der Waals surface area (Å²) in [5.41, 5.74) is 1.60. The quantitative estimate of drug-likeness (QED) is 0.714. The number of hydrogen-bond donors (Lipinski definition) is 1. The predicted molar refractivity (Wildman–Crippen MR) is 109 cm³/mol. The first kappa shape index (κ1) is 17.5. The molecule has 4 fully saturated rings. The van der Waals surface area contributed by atoms with Gasteiger partial charge in [0.2, 0.25) is 0 Å². The molecule has 0 aromatic heterocycles. The van der Waals surface area contributed by atoms with E-state index in [1.165, 1.54) is 6.42 Å². The maximum absolute atomic E-state index is 13.2. The van der Waals surface area contributed by atoms with E-state index in [2.05, 4.69) is 6.58 Å². The van der Waals surface area contributed by atoms with Crippen molar-refractivity contribution in [1.29, 1.82) is 0 Å². The van der Waals surface area contributed by atoms with Gasteiger partial charge in [0.15, 0.2) is 0 Å². The van der Waals surface area contributed by atoms with Crippen LogP contribution in [0.1, 0.15) is 53.6 Å². The summed E-state index contributed by atoms with van der Waals surface area (Å²) in [4.78, 5) is 13.2. The zero-order valence-corrected chi connectivity index (χ0v) is 16.0. The predicted octanol–water partition coefficient (Wildman–Crippen LogP) is 5.54. The highest BCUT2D eigenvalue weighted by atomic mass is 16.6. The number of phenolic OH excluding ortho intramolecular Hbond substituents is 1. The molecule has 0 atom stereocenters. The zero-order chi connectivity index (χ0) is 19.3. The van der Waals surface area contributed by atoms with Crippen molar-refractivity contribution in [2.45, 2.75) is 37.7 Å². The van der Waals surface area contributed by atoms with Gasteiger partial charge in [-0.2, -0.15) is 0 Å². The fourth-order valence-corrected chi connectivity index (χ4v) is 6.32. The largest absolute Gasteiger partial charge is 0.508 e. The third-order valence-electron chi connectivity index (χ3n) is 7.32. The van der Waals surface area contributed by atoms with Crippen molar-refractivity contribution in [1.82, 2.24) is 0 Å². The number of carbonyl (C=O) groups is 1. The van der Waals surface area contributed by atoms with Crippen molar-refractivity contribution < 1.29 is 14.6 Å². The summed E-state index contributed by atoms with van der Waals surface area (Å²) >= 11 is 0. The molecule has 3 heteroatoms. The van der Waals surface area contributed by atoms with Crippen molar-refractivity contribution in [3.8, 4) is 5.75 Å². The molecule has 0 heterocycles. The summed E-state index contributed by atoms with van der Waals surface area (Å²) in [5, 5.41) is 10.7. The van der Waals surface area contributed by atoms with Gasteiger partial charge in [-0.3, -0.25) is 0 Å². The minimum Gasteiger partial charge on any atom is -0.508 e. The lowest BCUT2D eigenvalue weighted by atomic mass is 9.48. The van der Waals surface area contributed by atoms with Gasteiger partial charge in [-0.25, -0.2) is 4.79 Å². The number of carbonyl (C=O) groups excluding carboxylic acids is 1. The highest BCUT2D eigenvalue weighted by Gasteiger charge is 2.61. The van der Waals surface area contributed by atoms with E-state index < -0.39 is 5.60 Å². The molecular formula is C25H26O3. The molecule has 4 bridgehead atoms. The average Bonchev–Trinajstić information content (AvgIpc) is 2.71. The van der Waals surface area contributed by atoms with Gasteiger partial charge in [0.1, 0.15) is 11.4 Å². The van der Waals surface area contributed by atoms with E-state index in [-0.39, 0.29) is 23.6 Å². The summed E-state index contributed by atoms with van der Waals surface area (Å²) in [6.07, 6.45) is 7.43. The molecule has 6 rings (SSSR count). The second kappa shape index (κ2) is 6.51. The Morgan fingerprint density at radius 2 is 1.57 bits per heavy atom. The highest BCUT2D eigenvalue weighted by molar-refractivity contribution is 5.90. The summed E-state index contributed by atoms with van der Waals surface area (Å²) in [6.45, 7) is 3.77. The van der Waals surface area contributed by atoms with Gasteiger partial charge >= 0.3 is 5.97 Å². The van der Waals surface area contributed by atoms with Gasteiger partial charge in [0.05, 0.1) is 5.56 Å². The minimum absolute atomic E-state index is 0.241. The lowest BCUT2D eigenvalue weighted by molar-refractivity contribution is -0.182. The lowest BCUT2D eigenvalue weighted by Crippen LogP contribution is -2.57. The Morgan fingerprint density at radius 3 is 2.14 bits per heavy atom. The van der Waals surface area contributed by atoms with E-state index in [9.17, 15) is 9.90 Å². The molecule has 2 aromatic carbocycles. The van der Waals surface area contributed by atoms with Crippen molar-refractivity contribution in [3.05, 3.63) is 71.8 Å². The molecule has 28 heavy (non-hydrogen) atoms. The van der Waals surface area contributed by atoms with Crippen LogP contribution in [-0.2, 0) is 10.3 Å². The maximum atomic E-state index is 13.2. The molecule has 1 N–H and O–H groups in total. The molecule has 3 nitrogen and oxygen atoms in total. The van der Waals surface area contributed by atoms with Gasteiger partial charge in [-0.15, -0.1) is 0 Å². The Balaban J connectivity index is 1.56. The van der Waals surface area contributed by atoms with Crippen LogP contribution in [0.15, 0.2) is 55.1 Å². The Bertz CT molecular complexity index is 884. The van der Waals surface area contributed by atoms with E-state index in [0.717, 1.165) is 48.6 Å². The summed E-state index contributed by atoms with van der Waals surface area (Å²) < 4.78 is 6.42. The van der Waals surface area contributed by atoms with E-state index in [1.807, 2.05) is 30.3 Å². The Hall–Kier alpha value is -2.55. The van der Waals surface area contributed by atoms with Crippen LogP contribution in [0.3, 0.4) is 0 Å². The molecule has 0 unspecified atom stereocenters. The van der Waals surface area contributed by atoms with Crippen molar-refractivity contribution in [2.75, 3.05) is 0 Å². The molecule has 0 amide bonds. The monoisotopic (exact) mass is 374 g/mol. The minimum atomic E-state index is -0.715. The average molecular weight is 374 g/mol. The van der Waals surface area contributed by atoms with Crippen LogP contribution in [0, 0.1) is 23.7 Å². The molecule has 0 aliphatic heterocycles. The summed E-state index contributed by atoms with van der Waals surface area (Å²) in [5.74, 6) is 2.00. The first-order chi connectivity index (χ1) is 13.6. The molecule has 0 spiro atoms. The zero-order valence-electron chi connectivity index (χ0n) is 16.0. The van der Waals surface area contributed by atoms with Gasteiger partial charge in [-0.1, -0.05) is 43.0 Å². The maximum Gasteiger partial charge on any atom is 0.339 e. The first-order valence-electron chi connectivity index (χ1n) is 10.3. The normalized spacial score (nSPS) is 32.9. The van der Waals surface area contributed by atoms with E-state index in [4.69, 9.17) is 4.74 Å². The standard InChI is InChI=1S/C25H26O3/c1-2-16-7-9-19(10-8-16)24(27)28-25(22-5-3-4-6-23(22)26)20-12-17-11-18(14-20)15-21(25)13-17/h2-10,17-18,20-21,26H,1,11-15H2. The molecule has 4 saturated carbocycles. The van der Waals surface area contributed by atoms with Crippen molar-refractivity contribution >= 4 is 12.0 Å². The van der Waals surface area contributed by atoms with Gasteiger partial charge in [0, 0.05) is 17.4 Å². The number of esters is 1. The number of benzene rings is 2. The highest BCUT2D eigenvalue weighted by Crippen LogP contribution is 2.64.